The number of nitrogens with zero attached hydrogens (tertiary/aromatic N) is 4. The Labute approximate surface area is 144 Å². The van der Waals surface area contributed by atoms with E-state index in [1.807, 2.05) is 36.2 Å². The average Bonchev–Trinajstić information content (AvgIpc) is 2.96. The van der Waals surface area contributed by atoms with Gasteiger partial charge in [0.1, 0.15) is 5.82 Å². The Morgan fingerprint density at radius 1 is 1.29 bits per heavy atom. The number of rotatable bonds is 5. The van der Waals surface area contributed by atoms with Gasteiger partial charge in [0.15, 0.2) is 0 Å². The molecule has 0 bridgehead atoms. The van der Waals surface area contributed by atoms with E-state index in [1.54, 1.807) is 0 Å². The quantitative estimate of drug-likeness (QED) is 0.870. The van der Waals surface area contributed by atoms with E-state index >= 15 is 0 Å². The van der Waals surface area contributed by atoms with Gasteiger partial charge in [-0.05, 0) is 37.4 Å². The first-order chi connectivity index (χ1) is 11.5. The number of aliphatic hydroxyl groups excluding tert-OH is 1. The van der Waals surface area contributed by atoms with Gasteiger partial charge in [0.25, 0.3) is 0 Å². The van der Waals surface area contributed by atoms with Crippen molar-refractivity contribution in [1.29, 1.82) is 0 Å². The third-order valence-electron chi connectivity index (χ3n) is 5.30. The molecule has 2 aliphatic rings. The molecule has 1 atom stereocenters. The fraction of sp³-hybridized carbons (Fsp3) is 0.667. The zero-order valence-corrected chi connectivity index (χ0v) is 14.7. The Hall–Kier alpha value is -1.66. The summed E-state index contributed by atoms with van der Waals surface area (Å²) in [6, 6.07) is 4.16. The fourth-order valence-corrected chi connectivity index (χ4v) is 3.99. The van der Waals surface area contributed by atoms with Crippen molar-refractivity contribution < 1.29 is 9.90 Å². The van der Waals surface area contributed by atoms with Crippen molar-refractivity contribution in [1.82, 2.24) is 14.8 Å². The maximum Gasteiger partial charge on any atom is 0.230 e. The van der Waals surface area contributed by atoms with Crippen LogP contribution in [-0.4, -0.2) is 72.7 Å². The molecular formula is C18H28N4O2. The van der Waals surface area contributed by atoms with E-state index in [0.717, 1.165) is 51.3 Å². The Bertz CT molecular complexity index is 573. The summed E-state index contributed by atoms with van der Waals surface area (Å²) in [5.74, 6) is 1.20. The molecule has 2 fully saturated rings. The van der Waals surface area contributed by atoms with Crippen molar-refractivity contribution in [2.24, 2.45) is 5.41 Å². The highest BCUT2D eigenvalue weighted by atomic mass is 16.3. The Balaban J connectivity index is 1.63. The van der Waals surface area contributed by atoms with Crippen LogP contribution < -0.4 is 4.90 Å². The molecule has 6 heteroatoms. The highest BCUT2D eigenvalue weighted by Gasteiger charge is 2.47. The molecule has 2 saturated heterocycles. The third kappa shape index (κ3) is 3.39. The molecule has 24 heavy (non-hydrogen) atoms. The van der Waals surface area contributed by atoms with Crippen LogP contribution in [-0.2, 0) is 11.3 Å². The first-order valence-electron chi connectivity index (χ1n) is 8.79. The van der Waals surface area contributed by atoms with Crippen LogP contribution in [0, 0.1) is 5.41 Å². The molecule has 0 radical (unpaired) electrons. The first kappa shape index (κ1) is 17.2. The number of hydrogen-bond donors (Lipinski definition) is 1. The van der Waals surface area contributed by atoms with E-state index < -0.39 is 0 Å². The van der Waals surface area contributed by atoms with Crippen LogP contribution in [0.2, 0.25) is 0 Å². The molecule has 1 aromatic heterocycles. The van der Waals surface area contributed by atoms with Gasteiger partial charge in [-0.2, -0.15) is 0 Å². The summed E-state index contributed by atoms with van der Waals surface area (Å²) < 4.78 is 0. The molecule has 1 unspecified atom stereocenters. The van der Waals surface area contributed by atoms with Crippen LogP contribution in [0.4, 0.5) is 5.82 Å². The van der Waals surface area contributed by atoms with Crippen LogP contribution in [0.25, 0.3) is 0 Å². The van der Waals surface area contributed by atoms with Gasteiger partial charge >= 0.3 is 0 Å². The van der Waals surface area contributed by atoms with E-state index in [4.69, 9.17) is 5.11 Å². The van der Waals surface area contributed by atoms with Crippen LogP contribution in [0.5, 0.6) is 0 Å². The van der Waals surface area contributed by atoms with Gasteiger partial charge in [-0.3, -0.25) is 9.69 Å². The summed E-state index contributed by atoms with van der Waals surface area (Å²) in [5.41, 5.74) is 0.956. The van der Waals surface area contributed by atoms with Crippen LogP contribution in [0.3, 0.4) is 0 Å². The maximum atomic E-state index is 12.8. The summed E-state index contributed by atoms with van der Waals surface area (Å²) in [6.07, 6.45) is 4.87. The first-order valence-corrected chi connectivity index (χ1v) is 8.79. The Morgan fingerprint density at radius 3 is 2.79 bits per heavy atom. The van der Waals surface area contributed by atoms with E-state index in [1.165, 1.54) is 5.56 Å². The van der Waals surface area contributed by atoms with Crippen LogP contribution in [0.15, 0.2) is 18.3 Å². The van der Waals surface area contributed by atoms with Gasteiger partial charge < -0.3 is 14.9 Å². The number of carbonyl (C=O) groups is 1. The largest absolute Gasteiger partial charge is 0.395 e. The molecule has 1 aromatic rings. The number of β-amino-alcohol motifs (C(OH)–C–C–N with tert-alkyl or cyclic N) is 1. The zero-order valence-electron chi connectivity index (χ0n) is 14.7. The van der Waals surface area contributed by atoms with Crippen molar-refractivity contribution in [2.75, 3.05) is 51.8 Å². The Kier molecular flexibility index (Phi) is 5.06. The number of amides is 1. The second-order valence-corrected chi connectivity index (χ2v) is 7.28. The zero-order chi connectivity index (χ0) is 17.2. The summed E-state index contributed by atoms with van der Waals surface area (Å²) in [7, 11) is 3.97. The molecule has 2 aliphatic heterocycles. The number of hydrogen-bond acceptors (Lipinski definition) is 5. The number of piperidine rings is 1. The van der Waals surface area contributed by atoms with Crippen molar-refractivity contribution in [2.45, 2.75) is 25.8 Å². The van der Waals surface area contributed by atoms with Crippen molar-refractivity contribution in [3.63, 3.8) is 0 Å². The summed E-state index contributed by atoms with van der Waals surface area (Å²) in [4.78, 5) is 23.5. The lowest BCUT2D eigenvalue weighted by Gasteiger charge is -2.39. The number of carbonyl (C=O) groups excluding carboxylic acids is 1. The normalized spacial score (nSPS) is 24.8. The minimum Gasteiger partial charge on any atom is -0.395 e. The van der Waals surface area contributed by atoms with Crippen molar-refractivity contribution in [3.8, 4) is 0 Å². The summed E-state index contributed by atoms with van der Waals surface area (Å²) in [6.45, 7) is 3.93. The van der Waals surface area contributed by atoms with Gasteiger partial charge in [-0.25, -0.2) is 4.98 Å². The maximum absolute atomic E-state index is 12.8. The molecule has 3 rings (SSSR count). The molecule has 3 heterocycles. The number of anilines is 1. The number of likely N-dealkylation sites (tertiary alicyclic amines) is 2. The lowest BCUT2D eigenvalue weighted by atomic mass is 9.78. The average molecular weight is 332 g/mol. The fourth-order valence-electron chi connectivity index (χ4n) is 3.99. The predicted molar refractivity (Wildman–Crippen MR) is 93.8 cm³/mol. The van der Waals surface area contributed by atoms with Gasteiger partial charge in [0.2, 0.25) is 5.91 Å². The molecule has 6 nitrogen and oxygen atoms in total. The van der Waals surface area contributed by atoms with Crippen LogP contribution >= 0.6 is 0 Å². The van der Waals surface area contributed by atoms with E-state index in [9.17, 15) is 4.79 Å². The van der Waals surface area contributed by atoms with E-state index in [-0.39, 0.29) is 17.9 Å². The SMILES string of the molecule is CN(C)c1ccc(CN2CCC3(CCCN(CCO)C3=O)C2)cn1. The molecule has 1 N–H and O–H groups in total. The molecule has 1 amide bonds. The minimum absolute atomic E-state index is 0.0510. The lowest BCUT2D eigenvalue weighted by molar-refractivity contribution is -0.146. The summed E-state index contributed by atoms with van der Waals surface area (Å²) in [5, 5.41) is 9.16. The second kappa shape index (κ2) is 7.07. The smallest absolute Gasteiger partial charge is 0.230 e. The summed E-state index contributed by atoms with van der Waals surface area (Å²) >= 11 is 0. The second-order valence-electron chi connectivity index (χ2n) is 7.28. The molecule has 0 saturated carbocycles. The highest BCUT2D eigenvalue weighted by molar-refractivity contribution is 5.84. The monoisotopic (exact) mass is 332 g/mol. The number of pyridine rings is 1. The molecule has 0 aliphatic carbocycles. The molecule has 0 aromatic carbocycles. The molecule has 132 valence electrons. The highest BCUT2D eigenvalue weighted by Crippen LogP contribution is 2.40. The predicted octanol–water partition coefficient (Wildman–Crippen LogP) is 0.954. The standard InChI is InChI=1S/C18H28N4O2/c1-20(2)16-5-4-15(12-19-16)13-21-9-7-18(14-21)6-3-8-22(10-11-23)17(18)24/h4-5,12,23H,3,6-11,13-14H2,1-2H3. The van der Waals surface area contributed by atoms with Crippen LogP contribution in [0.1, 0.15) is 24.8 Å². The molecule has 1 spiro atoms. The van der Waals surface area contributed by atoms with E-state index in [0.29, 0.717) is 6.54 Å². The van der Waals surface area contributed by atoms with Gasteiger partial charge in [0, 0.05) is 46.5 Å². The topological polar surface area (TPSA) is 59.9 Å². The number of aromatic nitrogens is 1. The van der Waals surface area contributed by atoms with E-state index in [2.05, 4.69) is 16.0 Å². The van der Waals surface area contributed by atoms with Gasteiger partial charge in [0.05, 0.1) is 12.0 Å². The lowest BCUT2D eigenvalue weighted by Crippen LogP contribution is -2.50. The Morgan fingerprint density at radius 2 is 2.12 bits per heavy atom. The third-order valence-corrected chi connectivity index (χ3v) is 5.30. The molecular weight excluding hydrogens is 304 g/mol. The number of aliphatic hydroxyl groups is 1. The van der Waals surface area contributed by atoms with Gasteiger partial charge in [-0.1, -0.05) is 6.07 Å². The van der Waals surface area contributed by atoms with Gasteiger partial charge in [-0.15, -0.1) is 0 Å². The minimum atomic E-state index is -0.232. The van der Waals surface area contributed by atoms with Crippen molar-refractivity contribution >= 4 is 11.7 Å². The van der Waals surface area contributed by atoms with Crippen molar-refractivity contribution in [3.05, 3.63) is 23.9 Å².